The molecule has 0 spiro atoms. The van der Waals surface area contributed by atoms with Crippen LogP contribution in [0.25, 0.3) is 0 Å². The van der Waals surface area contributed by atoms with Gasteiger partial charge in [0.1, 0.15) is 11.6 Å². The largest absolute Gasteiger partial charge is 0.382 e. The molecule has 0 amide bonds. The first-order valence-corrected chi connectivity index (χ1v) is 5.20. The van der Waals surface area contributed by atoms with E-state index in [0.29, 0.717) is 22.7 Å². The minimum absolute atomic E-state index is 0.302. The van der Waals surface area contributed by atoms with Gasteiger partial charge in [-0.1, -0.05) is 27.7 Å². The van der Waals surface area contributed by atoms with Gasteiger partial charge in [0.05, 0.1) is 12.4 Å². The molecule has 15 heavy (non-hydrogen) atoms. The Hall–Kier alpha value is -1.32. The fourth-order valence-electron chi connectivity index (χ4n) is 2.12. The van der Waals surface area contributed by atoms with Gasteiger partial charge in [-0.3, -0.25) is 0 Å². The Morgan fingerprint density at radius 2 is 1.73 bits per heavy atom. The lowest BCUT2D eigenvalue weighted by molar-refractivity contribution is 0.457. The molecule has 4 heteroatoms. The fourth-order valence-corrected chi connectivity index (χ4v) is 2.12. The number of nitrogens with one attached hydrogen (secondary N) is 1. The molecule has 1 heterocycles. The Balaban J connectivity index is 2.09. The Morgan fingerprint density at radius 1 is 1.13 bits per heavy atom. The predicted molar refractivity (Wildman–Crippen MR) is 61.4 cm³/mol. The van der Waals surface area contributed by atoms with E-state index in [2.05, 4.69) is 43.0 Å². The number of anilines is 2. The lowest BCUT2D eigenvalue weighted by Crippen LogP contribution is -2.11. The van der Waals surface area contributed by atoms with Gasteiger partial charge >= 0.3 is 0 Å². The van der Waals surface area contributed by atoms with Gasteiger partial charge in [-0.15, -0.1) is 0 Å². The second-order valence-electron chi connectivity index (χ2n) is 5.35. The minimum atomic E-state index is 0.302. The summed E-state index contributed by atoms with van der Waals surface area (Å²) in [6, 6.07) is 0.447. The molecule has 3 N–H and O–H groups in total. The van der Waals surface area contributed by atoms with Gasteiger partial charge in [0.25, 0.3) is 0 Å². The molecule has 1 aromatic heterocycles. The molecular formula is C11H18N4. The first-order chi connectivity index (χ1) is 6.85. The van der Waals surface area contributed by atoms with Crippen LogP contribution in [0.15, 0.2) is 12.4 Å². The van der Waals surface area contributed by atoms with E-state index in [-0.39, 0.29) is 0 Å². The topological polar surface area (TPSA) is 63.8 Å². The zero-order valence-corrected chi connectivity index (χ0v) is 9.70. The van der Waals surface area contributed by atoms with Crippen LogP contribution < -0.4 is 11.1 Å². The molecule has 2 rings (SSSR count). The number of hydrogen-bond donors (Lipinski definition) is 2. The Kier molecular flexibility index (Phi) is 1.93. The zero-order chi connectivity index (χ0) is 11.3. The number of nitrogen functional groups attached to an aromatic ring is 1. The lowest BCUT2D eigenvalue weighted by atomic mass is 10.0. The van der Waals surface area contributed by atoms with Crippen molar-refractivity contribution in [2.75, 3.05) is 11.1 Å². The van der Waals surface area contributed by atoms with Gasteiger partial charge in [-0.2, -0.15) is 0 Å². The molecule has 0 bridgehead atoms. The molecule has 82 valence electrons. The van der Waals surface area contributed by atoms with E-state index in [1.54, 1.807) is 12.4 Å². The van der Waals surface area contributed by atoms with Crippen LogP contribution in [0.2, 0.25) is 0 Å². The standard InChI is InChI=1S/C11H18N4/c1-10(2)9(11(10,3)4)15-8-6-13-7(12)5-14-8/h5-6,9H,1-4H3,(H2,12,13)(H,14,15). The summed E-state index contributed by atoms with van der Waals surface area (Å²) in [5, 5.41) is 3.39. The third-order valence-electron chi connectivity index (χ3n) is 3.98. The molecule has 0 saturated heterocycles. The van der Waals surface area contributed by atoms with E-state index >= 15 is 0 Å². The van der Waals surface area contributed by atoms with Crippen LogP contribution in [0.5, 0.6) is 0 Å². The van der Waals surface area contributed by atoms with Crippen molar-refractivity contribution >= 4 is 11.6 Å². The van der Waals surface area contributed by atoms with Crippen LogP contribution in [0.1, 0.15) is 27.7 Å². The number of nitrogens with two attached hydrogens (primary N) is 1. The maximum Gasteiger partial charge on any atom is 0.144 e. The first-order valence-electron chi connectivity index (χ1n) is 5.20. The van der Waals surface area contributed by atoms with Crippen LogP contribution in [-0.2, 0) is 0 Å². The van der Waals surface area contributed by atoms with Crippen molar-refractivity contribution in [1.82, 2.24) is 9.97 Å². The third-order valence-corrected chi connectivity index (χ3v) is 3.98. The van der Waals surface area contributed by atoms with E-state index in [1.807, 2.05) is 0 Å². The summed E-state index contributed by atoms with van der Waals surface area (Å²) < 4.78 is 0. The predicted octanol–water partition coefficient (Wildman–Crippen LogP) is 1.91. The summed E-state index contributed by atoms with van der Waals surface area (Å²) in [7, 11) is 0. The fraction of sp³-hybridized carbons (Fsp3) is 0.636. The van der Waals surface area contributed by atoms with Crippen molar-refractivity contribution < 1.29 is 0 Å². The maximum atomic E-state index is 5.48. The smallest absolute Gasteiger partial charge is 0.144 e. The molecule has 0 aliphatic heterocycles. The van der Waals surface area contributed by atoms with Gasteiger partial charge in [0, 0.05) is 6.04 Å². The van der Waals surface area contributed by atoms with Crippen molar-refractivity contribution in [1.29, 1.82) is 0 Å². The average molecular weight is 206 g/mol. The highest BCUT2D eigenvalue weighted by Gasteiger charge is 2.65. The molecule has 0 atom stereocenters. The van der Waals surface area contributed by atoms with E-state index in [9.17, 15) is 0 Å². The molecule has 1 aliphatic rings. The number of hydrogen-bond acceptors (Lipinski definition) is 4. The number of rotatable bonds is 2. The number of nitrogens with zero attached hydrogens (tertiary/aromatic N) is 2. The summed E-state index contributed by atoms with van der Waals surface area (Å²) >= 11 is 0. The summed E-state index contributed by atoms with van der Waals surface area (Å²) in [6.45, 7) is 9.04. The lowest BCUT2D eigenvalue weighted by Gasteiger charge is -2.06. The Labute approximate surface area is 90.3 Å². The monoisotopic (exact) mass is 206 g/mol. The summed E-state index contributed by atoms with van der Waals surface area (Å²) in [5.41, 5.74) is 6.08. The minimum Gasteiger partial charge on any atom is -0.382 e. The highest BCUT2D eigenvalue weighted by Crippen LogP contribution is 2.63. The normalized spacial score (nSPS) is 22.4. The van der Waals surface area contributed by atoms with Gasteiger partial charge < -0.3 is 11.1 Å². The summed E-state index contributed by atoms with van der Waals surface area (Å²) in [4.78, 5) is 8.20. The van der Waals surface area contributed by atoms with E-state index in [0.717, 1.165) is 5.82 Å². The van der Waals surface area contributed by atoms with E-state index < -0.39 is 0 Å². The van der Waals surface area contributed by atoms with Crippen LogP contribution in [0.3, 0.4) is 0 Å². The molecule has 1 saturated carbocycles. The summed E-state index contributed by atoms with van der Waals surface area (Å²) in [5.74, 6) is 1.25. The van der Waals surface area contributed by atoms with Crippen molar-refractivity contribution in [2.45, 2.75) is 33.7 Å². The molecule has 0 unspecified atom stereocenters. The van der Waals surface area contributed by atoms with Gasteiger partial charge in [0.2, 0.25) is 0 Å². The third kappa shape index (κ3) is 1.44. The van der Waals surface area contributed by atoms with Crippen molar-refractivity contribution in [3.63, 3.8) is 0 Å². The first kappa shape index (κ1) is 10.2. The van der Waals surface area contributed by atoms with Crippen molar-refractivity contribution in [3.05, 3.63) is 12.4 Å². The molecule has 1 fully saturated rings. The van der Waals surface area contributed by atoms with Crippen molar-refractivity contribution in [3.8, 4) is 0 Å². The Morgan fingerprint density at radius 3 is 2.13 bits per heavy atom. The molecule has 1 aliphatic carbocycles. The zero-order valence-electron chi connectivity index (χ0n) is 9.70. The van der Waals surface area contributed by atoms with Crippen molar-refractivity contribution in [2.24, 2.45) is 10.8 Å². The van der Waals surface area contributed by atoms with Gasteiger partial charge in [-0.25, -0.2) is 9.97 Å². The molecule has 0 radical (unpaired) electrons. The SMILES string of the molecule is CC1(C)C(Nc2cnc(N)cn2)C1(C)C. The second-order valence-corrected chi connectivity index (χ2v) is 5.35. The van der Waals surface area contributed by atoms with Crippen LogP contribution in [0, 0.1) is 10.8 Å². The molecule has 4 nitrogen and oxygen atoms in total. The maximum absolute atomic E-state index is 5.48. The van der Waals surface area contributed by atoms with Crippen LogP contribution in [0.4, 0.5) is 11.6 Å². The van der Waals surface area contributed by atoms with Gasteiger partial charge in [-0.05, 0) is 10.8 Å². The molecule has 1 aromatic rings. The highest BCUT2D eigenvalue weighted by molar-refractivity contribution is 5.42. The molecule has 0 aromatic carbocycles. The second kappa shape index (κ2) is 2.84. The highest BCUT2D eigenvalue weighted by atomic mass is 15.1. The van der Waals surface area contributed by atoms with E-state index in [1.165, 1.54) is 0 Å². The van der Waals surface area contributed by atoms with Crippen LogP contribution >= 0.6 is 0 Å². The molecular weight excluding hydrogens is 188 g/mol. The van der Waals surface area contributed by atoms with Crippen LogP contribution in [-0.4, -0.2) is 16.0 Å². The Bertz CT molecular complexity index is 353. The van der Waals surface area contributed by atoms with Gasteiger partial charge in [0.15, 0.2) is 0 Å². The quantitative estimate of drug-likeness (QED) is 0.775. The number of aromatic nitrogens is 2. The summed E-state index contributed by atoms with van der Waals surface area (Å²) in [6.07, 6.45) is 3.25. The average Bonchev–Trinajstić information content (AvgIpc) is 2.52. The van der Waals surface area contributed by atoms with E-state index in [4.69, 9.17) is 5.73 Å².